The molecule has 4 aliphatic rings. The highest BCUT2D eigenvalue weighted by Gasteiger charge is 2.54. The van der Waals surface area contributed by atoms with E-state index in [1.165, 1.54) is 31.4 Å². The van der Waals surface area contributed by atoms with E-state index in [9.17, 15) is 22.8 Å². The molecule has 1 aromatic carbocycles. The fourth-order valence-corrected chi connectivity index (χ4v) is 5.79. The second kappa shape index (κ2) is 7.22. The van der Waals surface area contributed by atoms with Crippen LogP contribution in [0.4, 0.5) is 18.9 Å². The minimum Gasteiger partial charge on any atom is -0.406 e. The smallest absolute Gasteiger partial charge is 0.406 e. The first-order chi connectivity index (χ1) is 13.6. The highest BCUT2D eigenvalue weighted by Crippen LogP contribution is 2.60. The van der Waals surface area contributed by atoms with Crippen molar-refractivity contribution in [3.8, 4) is 5.75 Å². The van der Waals surface area contributed by atoms with E-state index in [-0.39, 0.29) is 17.1 Å². The van der Waals surface area contributed by atoms with Crippen molar-refractivity contribution < 1.29 is 27.5 Å². The van der Waals surface area contributed by atoms with Crippen LogP contribution in [0.15, 0.2) is 24.3 Å². The maximum atomic E-state index is 13.0. The van der Waals surface area contributed by atoms with Gasteiger partial charge in [-0.05, 0) is 87.5 Å². The molecule has 0 saturated heterocycles. The van der Waals surface area contributed by atoms with Crippen LogP contribution in [0.2, 0.25) is 0 Å². The van der Waals surface area contributed by atoms with Crippen LogP contribution in [0, 0.1) is 23.2 Å². The molecule has 0 aliphatic heterocycles. The quantitative estimate of drug-likeness (QED) is 0.763. The first-order valence-electron chi connectivity index (χ1n) is 10.1. The summed E-state index contributed by atoms with van der Waals surface area (Å²) in [5.74, 6) is 1.09. The van der Waals surface area contributed by atoms with Crippen LogP contribution in [0.1, 0.15) is 45.4 Å². The summed E-state index contributed by atoms with van der Waals surface area (Å²) in [6.45, 7) is 1.62. The van der Waals surface area contributed by atoms with Crippen LogP contribution in [0.5, 0.6) is 5.75 Å². The minimum absolute atomic E-state index is 0.0341. The molecule has 5 rings (SSSR count). The zero-order chi connectivity index (χ0) is 20.8. The van der Waals surface area contributed by atoms with Crippen LogP contribution in [0.25, 0.3) is 0 Å². The molecule has 0 heterocycles. The Balaban J connectivity index is 1.33. The van der Waals surface area contributed by atoms with Crippen molar-refractivity contribution in [2.75, 3.05) is 5.32 Å². The average molecular weight is 410 g/mol. The molecule has 4 saturated carbocycles. The molecule has 0 aromatic heterocycles. The standard InChI is InChI=1S/C21H25F3N2O3/c1-12(18(27)26-16-2-4-17(5-3-16)29-21(22,23)24)25-19(28)20-9-13-6-14(10-20)8-15(7-13)11-20/h2-5,12-15H,6-11H2,1H3,(H,25,28)(H,26,27)/t12-,13?,14?,15?,20?/m1/s1. The van der Waals surface area contributed by atoms with Gasteiger partial charge in [-0.15, -0.1) is 13.2 Å². The molecule has 158 valence electrons. The van der Waals surface area contributed by atoms with E-state index < -0.39 is 18.3 Å². The van der Waals surface area contributed by atoms with E-state index >= 15 is 0 Å². The summed E-state index contributed by atoms with van der Waals surface area (Å²) in [6, 6.07) is 4.17. The molecule has 29 heavy (non-hydrogen) atoms. The van der Waals surface area contributed by atoms with Crippen LogP contribution >= 0.6 is 0 Å². The number of rotatable bonds is 5. The number of hydrogen-bond donors (Lipinski definition) is 2. The molecular weight excluding hydrogens is 385 g/mol. The van der Waals surface area contributed by atoms with E-state index in [0.29, 0.717) is 23.4 Å². The van der Waals surface area contributed by atoms with Gasteiger partial charge in [-0.1, -0.05) is 0 Å². The fraction of sp³-hybridized carbons (Fsp3) is 0.619. The molecule has 0 radical (unpaired) electrons. The lowest BCUT2D eigenvalue weighted by molar-refractivity contribution is -0.274. The van der Waals surface area contributed by atoms with E-state index in [1.807, 2.05) is 0 Å². The Labute approximate surface area is 167 Å². The molecule has 2 amide bonds. The third-order valence-electron chi connectivity index (χ3n) is 6.62. The van der Waals surface area contributed by atoms with Crippen LogP contribution < -0.4 is 15.4 Å². The lowest BCUT2D eigenvalue weighted by Crippen LogP contribution is -2.56. The van der Waals surface area contributed by atoms with Gasteiger partial charge < -0.3 is 15.4 Å². The predicted octanol–water partition coefficient (Wildman–Crippen LogP) is 4.24. The maximum absolute atomic E-state index is 13.0. The number of anilines is 1. The van der Waals surface area contributed by atoms with Crippen molar-refractivity contribution in [1.82, 2.24) is 5.32 Å². The van der Waals surface area contributed by atoms with Crippen LogP contribution in [-0.4, -0.2) is 24.2 Å². The Bertz CT molecular complexity index is 756. The largest absolute Gasteiger partial charge is 0.573 e. The molecule has 1 atom stereocenters. The zero-order valence-electron chi connectivity index (χ0n) is 16.2. The third-order valence-corrected chi connectivity index (χ3v) is 6.62. The molecule has 0 spiro atoms. The van der Waals surface area contributed by atoms with Gasteiger partial charge in [0.2, 0.25) is 11.8 Å². The van der Waals surface area contributed by atoms with Gasteiger partial charge in [-0.3, -0.25) is 9.59 Å². The number of halogens is 3. The van der Waals surface area contributed by atoms with Gasteiger partial charge in [0, 0.05) is 11.1 Å². The summed E-state index contributed by atoms with van der Waals surface area (Å²) in [5.41, 5.74) is 0.000269. The van der Waals surface area contributed by atoms with E-state index in [1.54, 1.807) is 6.92 Å². The summed E-state index contributed by atoms with van der Waals surface area (Å²) < 4.78 is 40.5. The highest BCUT2D eigenvalue weighted by atomic mass is 19.4. The van der Waals surface area contributed by atoms with Crippen molar-refractivity contribution in [1.29, 1.82) is 0 Å². The number of carbonyl (C=O) groups excluding carboxylic acids is 2. The lowest BCUT2D eigenvalue weighted by Gasteiger charge is -2.55. The van der Waals surface area contributed by atoms with Crippen molar-refractivity contribution >= 4 is 17.5 Å². The Hall–Kier alpha value is -2.25. The van der Waals surface area contributed by atoms with Gasteiger partial charge in [0.25, 0.3) is 0 Å². The Morgan fingerprint density at radius 2 is 1.55 bits per heavy atom. The van der Waals surface area contributed by atoms with Gasteiger partial charge in [0.1, 0.15) is 11.8 Å². The van der Waals surface area contributed by atoms with Gasteiger partial charge in [-0.25, -0.2) is 0 Å². The molecule has 4 bridgehead atoms. The normalized spacial score (nSPS) is 31.2. The number of amides is 2. The SMILES string of the molecule is C[C@@H](NC(=O)C12CC3CC(CC(C3)C1)C2)C(=O)Nc1ccc(OC(F)(F)F)cc1. The van der Waals surface area contributed by atoms with Crippen molar-refractivity contribution in [2.24, 2.45) is 23.2 Å². The number of alkyl halides is 3. The average Bonchev–Trinajstić information content (AvgIpc) is 2.61. The van der Waals surface area contributed by atoms with Crippen LogP contribution in [0.3, 0.4) is 0 Å². The van der Waals surface area contributed by atoms with Gasteiger partial charge in [-0.2, -0.15) is 0 Å². The molecule has 4 fully saturated rings. The Morgan fingerprint density at radius 1 is 1.03 bits per heavy atom. The highest BCUT2D eigenvalue weighted by molar-refractivity contribution is 5.97. The molecule has 0 unspecified atom stereocenters. The Morgan fingerprint density at radius 3 is 2.03 bits per heavy atom. The summed E-state index contributed by atoms with van der Waals surface area (Å²) >= 11 is 0. The van der Waals surface area contributed by atoms with Crippen molar-refractivity contribution in [2.45, 2.75) is 57.9 Å². The van der Waals surface area contributed by atoms with E-state index in [2.05, 4.69) is 15.4 Å². The predicted molar refractivity (Wildman–Crippen MR) is 100.0 cm³/mol. The molecular formula is C21H25F3N2O3. The van der Waals surface area contributed by atoms with Gasteiger partial charge in [0.15, 0.2) is 0 Å². The number of carbonyl (C=O) groups is 2. The van der Waals surface area contributed by atoms with Crippen molar-refractivity contribution in [3.63, 3.8) is 0 Å². The van der Waals surface area contributed by atoms with E-state index in [0.717, 1.165) is 31.4 Å². The Kier molecular flexibility index (Phi) is 4.99. The second-order valence-electron chi connectivity index (χ2n) is 8.95. The van der Waals surface area contributed by atoms with Gasteiger partial charge >= 0.3 is 6.36 Å². The third kappa shape index (κ3) is 4.36. The topological polar surface area (TPSA) is 67.4 Å². The molecule has 8 heteroatoms. The first-order valence-corrected chi connectivity index (χ1v) is 10.1. The summed E-state index contributed by atoms with van der Waals surface area (Å²) in [5, 5.41) is 5.50. The molecule has 2 N–H and O–H groups in total. The van der Waals surface area contributed by atoms with Gasteiger partial charge in [0.05, 0.1) is 0 Å². The number of benzene rings is 1. The van der Waals surface area contributed by atoms with E-state index in [4.69, 9.17) is 0 Å². The molecule has 5 nitrogen and oxygen atoms in total. The summed E-state index contributed by atoms with van der Waals surface area (Å²) in [4.78, 5) is 25.5. The van der Waals surface area contributed by atoms with Crippen LogP contribution in [-0.2, 0) is 9.59 Å². The number of nitrogens with one attached hydrogen (secondary N) is 2. The fourth-order valence-electron chi connectivity index (χ4n) is 5.79. The summed E-state index contributed by atoms with van der Waals surface area (Å²) in [7, 11) is 0. The number of ether oxygens (including phenoxy) is 1. The first kappa shape index (κ1) is 20.0. The van der Waals surface area contributed by atoms with Crippen molar-refractivity contribution in [3.05, 3.63) is 24.3 Å². The zero-order valence-corrected chi connectivity index (χ0v) is 16.2. The lowest BCUT2D eigenvalue weighted by atomic mass is 9.49. The monoisotopic (exact) mass is 410 g/mol. The molecule has 1 aromatic rings. The second-order valence-corrected chi connectivity index (χ2v) is 8.95. The number of hydrogen-bond acceptors (Lipinski definition) is 3. The minimum atomic E-state index is -4.76. The summed E-state index contributed by atoms with van der Waals surface area (Å²) in [6.07, 6.45) is 1.68. The maximum Gasteiger partial charge on any atom is 0.573 e. The molecule has 4 aliphatic carbocycles.